The molecule has 0 fully saturated rings. The molecule has 0 saturated carbocycles. The molecule has 4 rings (SSSR count). The second-order valence-electron chi connectivity index (χ2n) is 7.13. The van der Waals surface area contributed by atoms with Gasteiger partial charge in [0.1, 0.15) is 22.6 Å². The van der Waals surface area contributed by atoms with Gasteiger partial charge in [-0.2, -0.15) is 9.78 Å². The summed E-state index contributed by atoms with van der Waals surface area (Å²) in [6.45, 7) is 0. The molecule has 2 N–H and O–H groups in total. The minimum absolute atomic E-state index is 0.0220. The van der Waals surface area contributed by atoms with Crippen LogP contribution in [0.1, 0.15) is 0 Å². The Morgan fingerprint density at radius 3 is 2.31 bits per heavy atom. The molecule has 3 aromatic carbocycles. The number of nitrogens with one attached hydrogen (secondary N) is 1. The van der Waals surface area contributed by atoms with Crippen LogP contribution in [0.15, 0.2) is 81.3 Å². The van der Waals surface area contributed by atoms with Gasteiger partial charge in [-0.25, -0.2) is 13.2 Å². The molecule has 0 bridgehead atoms. The average Bonchev–Trinajstić information content (AvgIpc) is 2.82. The number of hydrogen-bond acceptors (Lipinski definition) is 7. The number of aromatic nitrogens is 3. The maximum Gasteiger partial charge on any atom is 0.349 e. The summed E-state index contributed by atoms with van der Waals surface area (Å²) in [5.74, 6) is -0.477. The maximum absolute atomic E-state index is 13.1. The van der Waals surface area contributed by atoms with Gasteiger partial charge in [0.05, 0.1) is 21.4 Å². The van der Waals surface area contributed by atoms with Gasteiger partial charge in [0.25, 0.3) is 15.6 Å². The number of para-hydroxylation sites is 1. The Hall–Kier alpha value is -3.80. The molecule has 0 atom stereocenters. The molecule has 0 radical (unpaired) electrons. The fraction of sp³-hybridized carbons (Fsp3) is 0.0455. The number of aromatic amines is 1. The van der Waals surface area contributed by atoms with Gasteiger partial charge >= 0.3 is 5.69 Å². The highest BCUT2D eigenvalue weighted by atomic mass is 35.5. The summed E-state index contributed by atoms with van der Waals surface area (Å²) >= 11 is 12.6. The number of halogens is 2. The molecule has 1 heterocycles. The van der Waals surface area contributed by atoms with Crippen LogP contribution in [0.25, 0.3) is 5.69 Å². The fourth-order valence-corrected chi connectivity index (χ4v) is 4.95. The van der Waals surface area contributed by atoms with E-state index in [-0.39, 0.29) is 27.2 Å². The van der Waals surface area contributed by atoms with Gasteiger partial charge < -0.3 is 9.84 Å². The third-order valence-corrected chi connectivity index (χ3v) is 7.23. The minimum Gasteiger partial charge on any atom is -0.507 e. The number of hydrogen-bond donors (Lipinski definition) is 2. The molecule has 10 nitrogen and oxygen atoms in total. The SMILES string of the molecule is CN(c1ccccc1)S(=O)(=O)c1cc(Oc2c(Cl)cc(-n3ncc(=O)[nH]c3=O)cc2Cl)ccc1O. The number of phenols is 1. The van der Waals surface area contributed by atoms with Crippen molar-refractivity contribution in [3.8, 4) is 22.9 Å². The van der Waals surface area contributed by atoms with E-state index < -0.39 is 31.9 Å². The smallest absolute Gasteiger partial charge is 0.349 e. The summed E-state index contributed by atoms with van der Waals surface area (Å²) < 4.78 is 33.9. The summed E-state index contributed by atoms with van der Waals surface area (Å²) in [7, 11) is -2.79. The van der Waals surface area contributed by atoms with E-state index in [1.54, 1.807) is 30.3 Å². The third kappa shape index (κ3) is 4.87. The quantitative estimate of drug-likeness (QED) is 0.386. The minimum atomic E-state index is -4.15. The molecule has 0 aliphatic heterocycles. The highest BCUT2D eigenvalue weighted by Crippen LogP contribution is 2.40. The van der Waals surface area contributed by atoms with E-state index in [0.717, 1.165) is 21.3 Å². The molecule has 0 aliphatic carbocycles. The van der Waals surface area contributed by atoms with Crippen LogP contribution < -0.4 is 20.3 Å². The summed E-state index contributed by atoms with van der Waals surface area (Å²) in [5.41, 5.74) is -0.910. The number of ether oxygens (including phenoxy) is 1. The van der Waals surface area contributed by atoms with Crippen LogP contribution in [0.5, 0.6) is 17.2 Å². The van der Waals surface area contributed by atoms with E-state index in [2.05, 4.69) is 10.1 Å². The first kappa shape index (κ1) is 24.3. The van der Waals surface area contributed by atoms with Crippen molar-refractivity contribution in [3.63, 3.8) is 0 Å². The standard InChI is InChI=1S/C22H16Cl2N4O6S/c1-27(13-5-3-2-4-6-13)35(32,33)19-11-15(7-8-18(19)29)34-21-16(23)9-14(10-17(21)24)28-22(31)26-20(30)12-25-28/h2-12,29H,1H3,(H,26,30,31). The maximum atomic E-state index is 13.1. The van der Waals surface area contributed by atoms with Gasteiger partial charge in [-0.05, 0) is 36.4 Å². The van der Waals surface area contributed by atoms with Gasteiger partial charge in [-0.3, -0.25) is 14.1 Å². The van der Waals surface area contributed by atoms with E-state index in [1.807, 2.05) is 0 Å². The topological polar surface area (TPSA) is 135 Å². The largest absolute Gasteiger partial charge is 0.507 e. The van der Waals surface area contributed by atoms with E-state index in [4.69, 9.17) is 27.9 Å². The lowest BCUT2D eigenvalue weighted by molar-refractivity contribution is 0.448. The van der Waals surface area contributed by atoms with Crippen LogP contribution in [-0.4, -0.2) is 35.3 Å². The van der Waals surface area contributed by atoms with Crippen molar-refractivity contribution in [1.29, 1.82) is 0 Å². The predicted octanol–water partition coefficient (Wildman–Crippen LogP) is 3.55. The normalized spacial score (nSPS) is 11.3. The van der Waals surface area contributed by atoms with Gasteiger partial charge in [-0.1, -0.05) is 41.4 Å². The van der Waals surface area contributed by atoms with E-state index in [0.29, 0.717) is 5.69 Å². The van der Waals surface area contributed by atoms with Crippen LogP contribution in [-0.2, 0) is 10.0 Å². The lowest BCUT2D eigenvalue weighted by atomic mass is 10.3. The Morgan fingerprint density at radius 2 is 1.69 bits per heavy atom. The van der Waals surface area contributed by atoms with Crippen molar-refractivity contribution in [2.45, 2.75) is 4.90 Å². The first-order valence-electron chi connectivity index (χ1n) is 9.81. The summed E-state index contributed by atoms with van der Waals surface area (Å²) in [6, 6.07) is 14.6. The highest BCUT2D eigenvalue weighted by Gasteiger charge is 2.26. The lowest BCUT2D eigenvalue weighted by Gasteiger charge is -2.20. The second kappa shape index (κ2) is 9.45. The summed E-state index contributed by atoms with van der Waals surface area (Å²) in [4.78, 5) is 24.9. The molecule has 1 aromatic heterocycles. The Labute approximate surface area is 208 Å². The molecule has 180 valence electrons. The first-order valence-corrected chi connectivity index (χ1v) is 12.0. The molecule has 0 aliphatic rings. The number of aromatic hydroxyl groups is 1. The summed E-state index contributed by atoms with van der Waals surface area (Å²) in [5, 5.41) is 14.0. The number of rotatable bonds is 6. The average molecular weight is 535 g/mol. The zero-order chi connectivity index (χ0) is 25.3. The zero-order valence-corrected chi connectivity index (χ0v) is 20.2. The van der Waals surface area contributed by atoms with Crippen LogP contribution in [0.3, 0.4) is 0 Å². The van der Waals surface area contributed by atoms with Crippen molar-refractivity contribution in [1.82, 2.24) is 14.8 Å². The highest BCUT2D eigenvalue weighted by molar-refractivity contribution is 7.92. The van der Waals surface area contributed by atoms with Gasteiger partial charge in [0, 0.05) is 13.1 Å². The fourth-order valence-electron chi connectivity index (χ4n) is 3.11. The van der Waals surface area contributed by atoms with Crippen molar-refractivity contribution in [2.24, 2.45) is 0 Å². The Balaban J connectivity index is 1.70. The summed E-state index contributed by atoms with van der Waals surface area (Å²) in [6.07, 6.45) is 0.915. The van der Waals surface area contributed by atoms with Gasteiger partial charge in [0.2, 0.25) is 0 Å². The molecular formula is C22H16Cl2N4O6S. The number of anilines is 1. The number of nitrogens with zero attached hydrogens (tertiary/aromatic N) is 3. The van der Waals surface area contributed by atoms with Crippen LogP contribution >= 0.6 is 23.2 Å². The Kier molecular flexibility index (Phi) is 6.57. The molecule has 13 heteroatoms. The molecule has 0 spiro atoms. The lowest BCUT2D eigenvalue weighted by Crippen LogP contribution is -2.30. The zero-order valence-electron chi connectivity index (χ0n) is 17.8. The van der Waals surface area contributed by atoms with Crippen molar-refractivity contribution < 1.29 is 18.3 Å². The van der Waals surface area contributed by atoms with Crippen LogP contribution in [0.2, 0.25) is 10.0 Å². The number of sulfonamides is 1. The predicted molar refractivity (Wildman–Crippen MR) is 131 cm³/mol. The molecule has 0 saturated heterocycles. The van der Waals surface area contributed by atoms with Gasteiger partial charge in [0.15, 0.2) is 5.75 Å². The molecule has 4 aromatic rings. The van der Waals surface area contributed by atoms with E-state index in [9.17, 15) is 23.1 Å². The number of benzene rings is 3. The Bertz CT molecular complexity index is 1620. The van der Waals surface area contributed by atoms with Crippen LogP contribution in [0.4, 0.5) is 5.69 Å². The second-order valence-corrected chi connectivity index (χ2v) is 9.88. The third-order valence-electron chi connectivity index (χ3n) is 4.85. The van der Waals surface area contributed by atoms with Crippen LogP contribution in [0, 0.1) is 0 Å². The molecule has 0 unspecified atom stereocenters. The first-order chi connectivity index (χ1) is 16.6. The van der Waals surface area contributed by atoms with Crippen molar-refractivity contribution >= 4 is 38.9 Å². The number of phenolic OH excluding ortho intramolecular Hbond substituents is 1. The molecule has 35 heavy (non-hydrogen) atoms. The van der Waals surface area contributed by atoms with E-state index in [1.165, 1.54) is 31.3 Å². The Morgan fingerprint density at radius 1 is 1.03 bits per heavy atom. The monoisotopic (exact) mass is 534 g/mol. The molecular weight excluding hydrogens is 519 g/mol. The van der Waals surface area contributed by atoms with Crippen molar-refractivity contribution in [3.05, 3.63) is 97.7 Å². The number of H-pyrrole nitrogens is 1. The van der Waals surface area contributed by atoms with E-state index >= 15 is 0 Å². The van der Waals surface area contributed by atoms with Crippen molar-refractivity contribution in [2.75, 3.05) is 11.4 Å². The molecule has 0 amide bonds. The van der Waals surface area contributed by atoms with Gasteiger partial charge in [-0.15, -0.1) is 0 Å².